The third-order valence-electron chi connectivity index (χ3n) is 3.29. The van der Waals surface area contributed by atoms with Crippen molar-refractivity contribution in [2.45, 2.75) is 25.0 Å². The Balaban J connectivity index is 2.44. The van der Waals surface area contributed by atoms with E-state index in [1.54, 1.807) is 26.0 Å². The Hall–Kier alpha value is -1.47. The van der Waals surface area contributed by atoms with Crippen LogP contribution in [0.2, 0.25) is 0 Å². The first-order valence-electron chi connectivity index (χ1n) is 6.27. The van der Waals surface area contributed by atoms with Crippen molar-refractivity contribution in [3.05, 3.63) is 39.9 Å². The first-order valence-corrected chi connectivity index (χ1v) is 8.16. The number of sulfone groups is 1. The van der Waals surface area contributed by atoms with Crippen LogP contribution in [0.4, 0.5) is 5.69 Å². The minimum absolute atomic E-state index is 0.0694. The number of nitrogens with one attached hydrogen (secondary N) is 1. The summed E-state index contributed by atoms with van der Waals surface area (Å²) in [5.41, 5.74) is 1.04. The van der Waals surface area contributed by atoms with Crippen LogP contribution in [0.5, 0.6) is 0 Å². The maximum Gasteiger partial charge on any atom is 0.269 e. The molecule has 0 aromatic heterocycles. The molecule has 0 saturated heterocycles. The van der Waals surface area contributed by atoms with Crippen molar-refractivity contribution in [1.82, 2.24) is 5.32 Å². The first-order chi connectivity index (χ1) is 9.13. The predicted octanol–water partition coefficient (Wildman–Crippen LogP) is 1.55. The zero-order valence-electron chi connectivity index (χ0n) is 11.9. The fraction of sp³-hybridized carbons (Fsp3) is 0.538. The van der Waals surface area contributed by atoms with Gasteiger partial charge in [0, 0.05) is 24.9 Å². The molecule has 0 bridgehead atoms. The Kier molecular flexibility index (Phi) is 5.24. The number of rotatable bonds is 7. The number of hydrogen-bond donors (Lipinski definition) is 1. The van der Waals surface area contributed by atoms with Gasteiger partial charge in [0.25, 0.3) is 5.69 Å². The highest BCUT2D eigenvalue weighted by molar-refractivity contribution is 7.92. The van der Waals surface area contributed by atoms with Crippen LogP contribution in [0.15, 0.2) is 24.3 Å². The lowest BCUT2D eigenvalue weighted by Crippen LogP contribution is -2.42. The van der Waals surface area contributed by atoms with E-state index < -0.39 is 19.5 Å². The zero-order valence-corrected chi connectivity index (χ0v) is 12.7. The van der Waals surface area contributed by atoms with E-state index in [4.69, 9.17) is 0 Å². The Morgan fingerprint density at radius 3 is 2.25 bits per heavy atom. The van der Waals surface area contributed by atoms with Crippen molar-refractivity contribution < 1.29 is 13.3 Å². The van der Waals surface area contributed by atoms with Gasteiger partial charge >= 0.3 is 0 Å². The van der Waals surface area contributed by atoms with Gasteiger partial charge in [-0.15, -0.1) is 0 Å². The van der Waals surface area contributed by atoms with Crippen molar-refractivity contribution in [3.8, 4) is 0 Å². The fourth-order valence-corrected chi connectivity index (χ4v) is 1.90. The van der Waals surface area contributed by atoms with Crippen molar-refractivity contribution in [3.63, 3.8) is 0 Å². The van der Waals surface area contributed by atoms with Crippen molar-refractivity contribution in [1.29, 1.82) is 0 Å². The molecule has 1 rings (SSSR count). The van der Waals surface area contributed by atoms with Gasteiger partial charge in [-0.1, -0.05) is 12.1 Å². The molecule has 1 N–H and O–H groups in total. The van der Waals surface area contributed by atoms with Gasteiger partial charge in [0.2, 0.25) is 0 Å². The van der Waals surface area contributed by atoms with Crippen LogP contribution in [-0.2, 0) is 16.3 Å². The molecular weight excluding hydrogens is 280 g/mol. The standard InChI is InChI=1S/C13H20N2O4S/c1-13(2,20(3,18)19)10-14-9-8-11-4-6-12(7-5-11)15(16)17/h4-7,14H,8-10H2,1-3H3. The van der Waals surface area contributed by atoms with Crippen molar-refractivity contribution in [2.75, 3.05) is 19.3 Å². The third kappa shape index (κ3) is 4.57. The molecule has 0 radical (unpaired) electrons. The van der Waals surface area contributed by atoms with E-state index in [9.17, 15) is 18.5 Å². The average Bonchev–Trinajstić information content (AvgIpc) is 2.34. The molecule has 0 spiro atoms. The van der Waals surface area contributed by atoms with Gasteiger partial charge in [-0.05, 0) is 32.4 Å². The smallest absolute Gasteiger partial charge is 0.269 e. The lowest BCUT2D eigenvalue weighted by Gasteiger charge is -2.22. The SMILES string of the molecule is CC(C)(CNCCc1ccc([N+](=O)[O-])cc1)S(C)(=O)=O. The summed E-state index contributed by atoms with van der Waals surface area (Å²) in [6.07, 6.45) is 1.92. The van der Waals surface area contributed by atoms with E-state index in [0.717, 1.165) is 5.56 Å². The number of non-ortho nitro benzene ring substituents is 1. The number of nitro benzene ring substituents is 1. The van der Waals surface area contributed by atoms with Crippen LogP contribution in [0, 0.1) is 10.1 Å². The second kappa shape index (κ2) is 6.32. The van der Waals surface area contributed by atoms with Gasteiger partial charge in [-0.3, -0.25) is 10.1 Å². The molecule has 0 aliphatic carbocycles. The van der Waals surface area contributed by atoms with E-state index in [-0.39, 0.29) is 5.69 Å². The molecule has 1 aromatic carbocycles. The Morgan fingerprint density at radius 1 is 1.25 bits per heavy atom. The molecule has 112 valence electrons. The molecule has 7 heteroatoms. The summed E-state index contributed by atoms with van der Waals surface area (Å²) >= 11 is 0. The number of benzene rings is 1. The monoisotopic (exact) mass is 300 g/mol. The van der Waals surface area contributed by atoms with Gasteiger partial charge in [-0.25, -0.2) is 8.42 Å². The average molecular weight is 300 g/mol. The van der Waals surface area contributed by atoms with Gasteiger partial charge < -0.3 is 5.32 Å². The summed E-state index contributed by atoms with van der Waals surface area (Å²) in [6.45, 7) is 4.36. The van der Waals surface area contributed by atoms with E-state index in [2.05, 4.69) is 5.32 Å². The number of nitro groups is 1. The third-order valence-corrected chi connectivity index (χ3v) is 5.44. The quantitative estimate of drug-likeness (QED) is 0.469. The normalized spacial score (nSPS) is 12.3. The molecule has 0 fully saturated rings. The maximum absolute atomic E-state index is 11.5. The van der Waals surface area contributed by atoms with Crippen LogP contribution in [0.3, 0.4) is 0 Å². The summed E-state index contributed by atoms with van der Waals surface area (Å²) < 4.78 is 22.2. The highest BCUT2D eigenvalue weighted by atomic mass is 32.2. The molecule has 6 nitrogen and oxygen atoms in total. The zero-order chi connectivity index (χ0) is 15.4. The Bertz CT molecular complexity index is 565. The molecule has 20 heavy (non-hydrogen) atoms. The van der Waals surface area contributed by atoms with E-state index in [1.165, 1.54) is 18.4 Å². The summed E-state index contributed by atoms with van der Waals surface area (Å²) in [5, 5.41) is 13.6. The van der Waals surface area contributed by atoms with Gasteiger partial charge in [0.05, 0.1) is 9.67 Å². The van der Waals surface area contributed by atoms with Crippen molar-refractivity contribution >= 4 is 15.5 Å². The summed E-state index contributed by atoms with van der Waals surface area (Å²) in [5.74, 6) is 0. The van der Waals surface area contributed by atoms with E-state index >= 15 is 0 Å². The predicted molar refractivity (Wildman–Crippen MR) is 78.6 cm³/mol. The van der Waals surface area contributed by atoms with Crippen LogP contribution >= 0.6 is 0 Å². The number of nitrogens with zero attached hydrogens (tertiary/aromatic N) is 1. The van der Waals surface area contributed by atoms with Gasteiger partial charge in [0.15, 0.2) is 9.84 Å². The van der Waals surface area contributed by atoms with Crippen LogP contribution < -0.4 is 5.32 Å². The largest absolute Gasteiger partial charge is 0.315 e. The topological polar surface area (TPSA) is 89.3 Å². The van der Waals surface area contributed by atoms with E-state index in [1.807, 2.05) is 0 Å². The molecule has 0 amide bonds. The Labute approximate surface area is 119 Å². The van der Waals surface area contributed by atoms with Crippen LogP contribution in [0.25, 0.3) is 0 Å². The minimum atomic E-state index is -3.10. The van der Waals surface area contributed by atoms with Crippen LogP contribution in [0.1, 0.15) is 19.4 Å². The van der Waals surface area contributed by atoms with Gasteiger partial charge in [-0.2, -0.15) is 0 Å². The molecule has 0 atom stereocenters. The molecule has 1 aromatic rings. The second-order valence-electron chi connectivity index (χ2n) is 5.38. The lowest BCUT2D eigenvalue weighted by molar-refractivity contribution is -0.384. The Morgan fingerprint density at radius 2 is 1.80 bits per heavy atom. The van der Waals surface area contributed by atoms with E-state index in [0.29, 0.717) is 19.5 Å². The maximum atomic E-state index is 11.5. The molecule has 0 aliphatic rings. The summed E-state index contributed by atoms with van der Waals surface area (Å²) in [6, 6.07) is 6.36. The second-order valence-corrected chi connectivity index (χ2v) is 8.03. The highest BCUT2D eigenvalue weighted by Crippen LogP contribution is 2.14. The molecular formula is C13H20N2O4S. The van der Waals surface area contributed by atoms with Crippen molar-refractivity contribution in [2.24, 2.45) is 0 Å². The molecule has 0 saturated carbocycles. The lowest BCUT2D eigenvalue weighted by atomic mass is 10.1. The summed E-state index contributed by atoms with van der Waals surface area (Å²) in [7, 11) is -3.10. The molecule has 0 aliphatic heterocycles. The molecule has 0 heterocycles. The summed E-state index contributed by atoms with van der Waals surface area (Å²) in [4.78, 5) is 10.1. The minimum Gasteiger partial charge on any atom is -0.315 e. The van der Waals surface area contributed by atoms with Gasteiger partial charge in [0.1, 0.15) is 0 Å². The highest BCUT2D eigenvalue weighted by Gasteiger charge is 2.29. The van der Waals surface area contributed by atoms with Crippen LogP contribution in [-0.4, -0.2) is 37.4 Å². The fourth-order valence-electron chi connectivity index (χ4n) is 1.54. The molecule has 0 unspecified atom stereocenters. The number of hydrogen-bond acceptors (Lipinski definition) is 5. The first kappa shape index (κ1) is 16.6.